The number of benzene rings is 1. The van der Waals surface area contributed by atoms with Gasteiger partial charge < -0.3 is 9.72 Å². The molecule has 0 radical (unpaired) electrons. The van der Waals surface area contributed by atoms with Crippen molar-refractivity contribution in [2.24, 2.45) is 0 Å². The summed E-state index contributed by atoms with van der Waals surface area (Å²) in [4.78, 5) is 16.7. The largest absolute Gasteiger partial charge is 0.573 e. The summed E-state index contributed by atoms with van der Waals surface area (Å²) >= 11 is 0. The Morgan fingerprint density at radius 1 is 1.14 bits per heavy atom. The lowest BCUT2D eigenvalue weighted by molar-refractivity contribution is -0.274. The van der Waals surface area contributed by atoms with Crippen molar-refractivity contribution in [1.82, 2.24) is 24.8 Å². The molecule has 0 saturated carbocycles. The number of allylic oxidation sites excluding steroid dienone is 1. The molecule has 1 aliphatic heterocycles. The molecule has 0 aliphatic carbocycles. The van der Waals surface area contributed by atoms with Crippen LogP contribution in [0.25, 0.3) is 24.0 Å². The van der Waals surface area contributed by atoms with Gasteiger partial charge in [-0.25, -0.2) is 4.98 Å². The molecule has 0 bridgehead atoms. The number of hydrogen-bond acceptors (Lipinski definition) is 5. The zero-order valence-electron chi connectivity index (χ0n) is 19.6. The van der Waals surface area contributed by atoms with Crippen molar-refractivity contribution >= 4 is 12.7 Å². The number of aromatic amines is 1. The first-order valence-corrected chi connectivity index (χ1v) is 11.4. The van der Waals surface area contributed by atoms with Crippen LogP contribution in [0.4, 0.5) is 13.2 Å². The molecular formula is C26H28F3N5O. The third-order valence-electron chi connectivity index (χ3n) is 5.85. The predicted molar refractivity (Wildman–Crippen MR) is 130 cm³/mol. The number of nitrogens with one attached hydrogen (secondary N) is 1. The van der Waals surface area contributed by atoms with E-state index in [0.29, 0.717) is 6.54 Å². The predicted octanol–water partition coefficient (Wildman–Crippen LogP) is 3.33. The monoisotopic (exact) mass is 483 g/mol. The highest BCUT2D eigenvalue weighted by Crippen LogP contribution is 2.24. The lowest BCUT2D eigenvalue weighted by atomic mass is 10.1. The maximum absolute atomic E-state index is 12.5. The second-order valence-corrected chi connectivity index (χ2v) is 8.45. The number of piperazine rings is 1. The number of aromatic nitrogens is 3. The highest BCUT2D eigenvalue weighted by Gasteiger charge is 2.31. The summed E-state index contributed by atoms with van der Waals surface area (Å²) in [5, 5.41) is 1.56. The van der Waals surface area contributed by atoms with Crippen LogP contribution in [0, 0.1) is 0 Å². The van der Waals surface area contributed by atoms with E-state index in [1.807, 2.05) is 25.1 Å². The first kappa shape index (κ1) is 24.7. The van der Waals surface area contributed by atoms with E-state index in [1.165, 1.54) is 12.1 Å². The van der Waals surface area contributed by atoms with Crippen molar-refractivity contribution in [2.75, 3.05) is 32.7 Å². The topological polar surface area (TPSA) is 57.3 Å². The highest BCUT2D eigenvalue weighted by atomic mass is 19.4. The van der Waals surface area contributed by atoms with Crippen molar-refractivity contribution in [3.63, 3.8) is 0 Å². The van der Waals surface area contributed by atoms with Gasteiger partial charge in [-0.1, -0.05) is 24.8 Å². The molecule has 3 heterocycles. The Morgan fingerprint density at radius 2 is 1.91 bits per heavy atom. The van der Waals surface area contributed by atoms with Gasteiger partial charge in [-0.2, -0.15) is 0 Å². The van der Waals surface area contributed by atoms with E-state index < -0.39 is 6.36 Å². The van der Waals surface area contributed by atoms with Gasteiger partial charge in [0.15, 0.2) is 0 Å². The van der Waals surface area contributed by atoms with Crippen LogP contribution in [0.15, 0.2) is 60.4 Å². The first-order chi connectivity index (χ1) is 16.8. The number of ether oxygens (including phenoxy) is 1. The van der Waals surface area contributed by atoms with Crippen molar-refractivity contribution in [3.8, 4) is 17.1 Å². The van der Waals surface area contributed by atoms with E-state index in [-0.39, 0.29) is 5.75 Å². The fraction of sp³-hybridized carbons (Fsp3) is 0.308. The molecule has 184 valence electrons. The molecule has 6 nitrogen and oxygen atoms in total. The second kappa shape index (κ2) is 10.9. The maximum Gasteiger partial charge on any atom is 0.573 e. The quantitative estimate of drug-likeness (QED) is 0.559. The van der Waals surface area contributed by atoms with E-state index >= 15 is 0 Å². The number of hydrogen-bond donors (Lipinski definition) is 1. The average molecular weight is 484 g/mol. The Kier molecular flexibility index (Phi) is 7.67. The molecule has 4 rings (SSSR count). The fourth-order valence-corrected chi connectivity index (χ4v) is 4.04. The number of rotatable bonds is 7. The molecule has 0 amide bonds. The van der Waals surface area contributed by atoms with Crippen molar-refractivity contribution in [2.45, 2.75) is 19.8 Å². The van der Waals surface area contributed by atoms with Crippen LogP contribution in [-0.4, -0.2) is 63.8 Å². The van der Waals surface area contributed by atoms with E-state index in [2.05, 4.69) is 48.2 Å². The molecule has 9 heteroatoms. The molecule has 0 spiro atoms. The van der Waals surface area contributed by atoms with Gasteiger partial charge in [0.2, 0.25) is 0 Å². The minimum Gasteiger partial charge on any atom is -0.406 e. The number of nitrogens with zero attached hydrogens (tertiary/aromatic N) is 4. The number of alkyl halides is 3. The number of imidazole rings is 1. The maximum atomic E-state index is 12.5. The number of H-pyrrole nitrogens is 1. The summed E-state index contributed by atoms with van der Waals surface area (Å²) in [5.41, 5.74) is 2.85. The van der Waals surface area contributed by atoms with Crippen LogP contribution in [0.5, 0.6) is 5.75 Å². The lowest BCUT2D eigenvalue weighted by Crippen LogP contribution is -2.46. The number of halogens is 3. The molecule has 1 saturated heterocycles. The van der Waals surface area contributed by atoms with Gasteiger partial charge in [0.1, 0.15) is 11.6 Å². The molecule has 35 heavy (non-hydrogen) atoms. The number of pyridine rings is 1. The second-order valence-electron chi connectivity index (χ2n) is 8.45. The summed E-state index contributed by atoms with van der Waals surface area (Å²) in [6.07, 6.45) is 2.93. The van der Waals surface area contributed by atoms with E-state index in [0.717, 1.165) is 65.9 Å². The Bertz CT molecular complexity index is 1260. The van der Waals surface area contributed by atoms with Gasteiger partial charge in [0.25, 0.3) is 0 Å². The highest BCUT2D eigenvalue weighted by molar-refractivity contribution is 5.54. The van der Waals surface area contributed by atoms with Crippen LogP contribution in [0.2, 0.25) is 0 Å². The normalized spacial score (nSPS) is 16.6. The molecule has 0 unspecified atom stereocenters. The van der Waals surface area contributed by atoms with E-state index in [1.54, 1.807) is 18.5 Å². The minimum atomic E-state index is -4.68. The van der Waals surface area contributed by atoms with Crippen molar-refractivity contribution in [3.05, 3.63) is 76.7 Å². The van der Waals surface area contributed by atoms with Gasteiger partial charge in [0.05, 0.1) is 10.7 Å². The third-order valence-corrected chi connectivity index (χ3v) is 5.85. The molecule has 2 aromatic heterocycles. The Morgan fingerprint density at radius 3 is 2.60 bits per heavy atom. The molecule has 1 N–H and O–H groups in total. The van der Waals surface area contributed by atoms with Crippen LogP contribution in [0.3, 0.4) is 0 Å². The third kappa shape index (κ3) is 7.03. The SMILES string of the molecule is C=c1[nH]c(-c2cccnc2)n/c1=C/C(=C\C)CN1CCN(Cc2cccc(OC(F)(F)F)c2)CC1. The summed E-state index contributed by atoms with van der Waals surface area (Å²) < 4.78 is 41.5. The Hall–Kier alpha value is -3.43. The Balaban J connectivity index is 1.34. The standard InChI is InChI=1S/C26H28F3N5O/c1-3-20(15-24-19(2)31-25(32-24)22-7-5-9-30-16-22)17-33-10-12-34(13-11-33)18-21-6-4-8-23(14-21)35-26(27,28)29/h3-9,14-16H,2,10-13,17-18H2,1H3,(H,31,32)/b20-3+,24-15+. The van der Waals surface area contributed by atoms with E-state index in [9.17, 15) is 13.2 Å². The zero-order chi connectivity index (χ0) is 24.8. The molecule has 3 aromatic rings. The fourth-order valence-electron chi connectivity index (χ4n) is 4.04. The van der Waals surface area contributed by atoms with Gasteiger partial charge in [-0.3, -0.25) is 14.8 Å². The Labute approximate surface area is 202 Å². The summed E-state index contributed by atoms with van der Waals surface area (Å²) in [6, 6.07) is 10.0. The smallest absolute Gasteiger partial charge is 0.406 e. The van der Waals surface area contributed by atoms with E-state index in [4.69, 9.17) is 0 Å². The zero-order valence-corrected chi connectivity index (χ0v) is 19.6. The van der Waals surface area contributed by atoms with Crippen molar-refractivity contribution < 1.29 is 17.9 Å². The molecule has 0 atom stereocenters. The molecule has 1 aliphatic rings. The van der Waals surface area contributed by atoms with Gasteiger partial charge >= 0.3 is 6.36 Å². The van der Waals surface area contributed by atoms with Gasteiger partial charge in [-0.15, -0.1) is 13.2 Å². The lowest BCUT2D eigenvalue weighted by Gasteiger charge is -2.35. The molecule has 1 aromatic carbocycles. The summed E-state index contributed by atoms with van der Waals surface area (Å²) in [6.45, 7) is 10.9. The summed E-state index contributed by atoms with van der Waals surface area (Å²) in [7, 11) is 0. The van der Waals surface area contributed by atoms with Crippen molar-refractivity contribution in [1.29, 1.82) is 0 Å². The molecule has 1 fully saturated rings. The van der Waals surface area contributed by atoms with Gasteiger partial charge in [-0.05, 0) is 48.4 Å². The van der Waals surface area contributed by atoms with Crippen LogP contribution >= 0.6 is 0 Å². The average Bonchev–Trinajstić information content (AvgIpc) is 3.19. The molecular weight excluding hydrogens is 455 g/mol. The van der Waals surface area contributed by atoms with Crippen LogP contribution in [0.1, 0.15) is 12.5 Å². The summed E-state index contributed by atoms with van der Waals surface area (Å²) in [5.74, 6) is 0.555. The van der Waals surface area contributed by atoms with Gasteiger partial charge in [0, 0.05) is 57.2 Å². The van der Waals surface area contributed by atoms with Crippen LogP contribution < -0.4 is 15.4 Å². The first-order valence-electron chi connectivity index (χ1n) is 11.4. The van der Waals surface area contributed by atoms with Crippen LogP contribution in [-0.2, 0) is 6.54 Å². The minimum absolute atomic E-state index is 0.184.